The standard InChI is InChI=1S/C20H25N3O3S/c1-14-12-21-18(15(2)19(14)26-11-10-25-9-8-24-3)13-27-20-22-16-6-4-5-7-17(16)23-20/h4-7,12H,8-11,13H2,1-3H3,(H,22,23). The lowest BCUT2D eigenvalue weighted by Gasteiger charge is -2.14. The summed E-state index contributed by atoms with van der Waals surface area (Å²) in [5.74, 6) is 1.62. The average Bonchev–Trinajstić information content (AvgIpc) is 3.09. The van der Waals surface area contributed by atoms with Crippen LogP contribution in [0.5, 0.6) is 5.75 Å². The van der Waals surface area contributed by atoms with Crippen molar-refractivity contribution in [2.24, 2.45) is 0 Å². The van der Waals surface area contributed by atoms with Crippen molar-refractivity contribution in [2.45, 2.75) is 24.8 Å². The normalized spacial score (nSPS) is 11.2. The summed E-state index contributed by atoms with van der Waals surface area (Å²) < 4.78 is 16.4. The van der Waals surface area contributed by atoms with E-state index in [-0.39, 0.29) is 0 Å². The second kappa shape index (κ2) is 9.73. The number of aryl methyl sites for hydroxylation is 1. The van der Waals surface area contributed by atoms with Gasteiger partial charge in [-0.05, 0) is 26.0 Å². The highest BCUT2D eigenvalue weighted by Crippen LogP contribution is 2.29. The fourth-order valence-electron chi connectivity index (χ4n) is 2.71. The lowest BCUT2D eigenvalue weighted by Crippen LogP contribution is -2.11. The van der Waals surface area contributed by atoms with Crippen molar-refractivity contribution >= 4 is 22.8 Å². The molecule has 0 saturated carbocycles. The second-order valence-corrected chi connectivity index (χ2v) is 7.11. The molecule has 0 bridgehead atoms. The number of nitrogens with one attached hydrogen (secondary N) is 1. The molecule has 7 heteroatoms. The maximum Gasteiger partial charge on any atom is 0.166 e. The number of hydrogen-bond donors (Lipinski definition) is 1. The Bertz CT molecular complexity index is 849. The second-order valence-electron chi connectivity index (χ2n) is 6.14. The van der Waals surface area contributed by atoms with Crippen LogP contribution >= 0.6 is 11.8 Å². The van der Waals surface area contributed by atoms with Crippen LogP contribution in [0.4, 0.5) is 0 Å². The Morgan fingerprint density at radius 1 is 1.07 bits per heavy atom. The Labute approximate surface area is 163 Å². The number of methoxy groups -OCH3 is 1. The molecule has 0 aliphatic rings. The zero-order valence-corrected chi connectivity index (χ0v) is 16.8. The fourth-order valence-corrected chi connectivity index (χ4v) is 3.62. The van der Waals surface area contributed by atoms with Crippen LogP contribution in [-0.4, -0.2) is 48.5 Å². The molecule has 0 atom stereocenters. The van der Waals surface area contributed by atoms with Gasteiger partial charge < -0.3 is 19.2 Å². The van der Waals surface area contributed by atoms with Gasteiger partial charge in [-0.3, -0.25) is 4.98 Å². The van der Waals surface area contributed by atoms with Gasteiger partial charge in [0.2, 0.25) is 0 Å². The molecule has 27 heavy (non-hydrogen) atoms. The predicted molar refractivity (Wildman–Crippen MR) is 108 cm³/mol. The summed E-state index contributed by atoms with van der Waals surface area (Å²) in [6, 6.07) is 8.03. The third kappa shape index (κ3) is 5.22. The van der Waals surface area contributed by atoms with Gasteiger partial charge in [-0.2, -0.15) is 0 Å². The lowest BCUT2D eigenvalue weighted by molar-refractivity contribution is 0.0542. The quantitative estimate of drug-likeness (QED) is 0.420. The first-order chi connectivity index (χ1) is 13.2. The van der Waals surface area contributed by atoms with Crippen molar-refractivity contribution in [2.75, 3.05) is 33.5 Å². The summed E-state index contributed by atoms with van der Waals surface area (Å²) in [5.41, 5.74) is 5.12. The number of ether oxygens (including phenoxy) is 3. The molecule has 0 radical (unpaired) electrons. The number of fused-ring (bicyclic) bond motifs is 1. The van der Waals surface area contributed by atoms with E-state index in [1.807, 2.05) is 37.4 Å². The van der Waals surface area contributed by atoms with Crippen LogP contribution in [0.25, 0.3) is 11.0 Å². The molecule has 2 heterocycles. The molecule has 0 aliphatic carbocycles. The first-order valence-corrected chi connectivity index (χ1v) is 9.89. The number of para-hydroxylation sites is 2. The first-order valence-electron chi connectivity index (χ1n) is 8.91. The van der Waals surface area contributed by atoms with Gasteiger partial charge in [-0.1, -0.05) is 23.9 Å². The van der Waals surface area contributed by atoms with Crippen LogP contribution in [0.2, 0.25) is 0 Å². The number of aromatic amines is 1. The molecule has 0 spiro atoms. The third-order valence-corrected chi connectivity index (χ3v) is 5.05. The SMILES string of the molecule is COCCOCCOc1c(C)cnc(CSc2nc3ccccc3[nH]2)c1C. The molecule has 0 amide bonds. The minimum absolute atomic E-state index is 0.506. The third-order valence-electron chi connectivity index (χ3n) is 4.16. The number of aromatic nitrogens is 3. The van der Waals surface area contributed by atoms with E-state index in [1.54, 1.807) is 18.9 Å². The van der Waals surface area contributed by atoms with Gasteiger partial charge in [0, 0.05) is 30.2 Å². The number of thioether (sulfide) groups is 1. The summed E-state index contributed by atoms with van der Waals surface area (Å²) in [7, 11) is 1.66. The van der Waals surface area contributed by atoms with Gasteiger partial charge >= 0.3 is 0 Å². The first kappa shape index (κ1) is 19.7. The van der Waals surface area contributed by atoms with E-state index in [1.165, 1.54) is 0 Å². The Kier molecular flexibility index (Phi) is 7.09. The van der Waals surface area contributed by atoms with Gasteiger partial charge in [-0.15, -0.1) is 0 Å². The Morgan fingerprint density at radius 3 is 2.70 bits per heavy atom. The van der Waals surface area contributed by atoms with E-state index in [4.69, 9.17) is 14.2 Å². The van der Waals surface area contributed by atoms with Gasteiger partial charge in [0.25, 0.3) is 0 Å². The van der Waals surface area contributed by atoms with Crippen LogP contribution in [0.15, 0.2) is 35.6 Å². The van der Waals surface area contributed by atoms with E-state index in [9.17, 15) is 0 Å². The maximum atomic E-state index is 5.95. The van der Waals surface area contributed by atoms with Crippen LogP contribution < -0.4 is 4.74 Å². The van der Waals surface area contributed by atoms with Crippen LogP contribution in [0.1, 0.15) is 16.8 Å². The Hall–Kier alpha value is -2.09. The number of pyridine rings is 1. The molecule has 1 N–H and O–H groups in total. The van der Waals surface area contributed by atoms with E-state index in [2.05, 4.69) is 21.9 Å². The van der Waals surface area contributed by atoms with E-state index >= 15 is 0 Å². The zero-order chi connectivity index (χ0) is 19.1. The molecule has 3 aromatic rings. The number of hydrogen-bond acceptors (Lipinski definition) is 6. The highest BCUT2D eigenvalue weighted by atomic mass is 32.2. The number of H-pyrrole nitrogens is 1. The van der Waals surface area contributed by atoms with Crippen molar-refractivity contribution in [3.8, 4) is 5.75 Å². The topological polar surface area (TPSA) is 69.3 Å². The average molecular weight is 388 g/mol. The van der Waals surface area contributed by atoms with Crippen molar-refractivity contribution in [3.05, 3.63) is 47.3 Å². The van der Waals surface area contributed by atoms with Crippen molar-refractivity contribution in [1.29, 1.82) is 0 Å². The minimum Gasteiger partial charge on any atom is -0.491 e. The van der Waals surface area contributed by atoms with Gasteiger partial charge in [0.15, 0.2) is 5.16 Å². The molecule has 144 valence electrons. The molecule has 0 fully saturated rings. The van der Waals surface area contributed by atoms with Crippen LogP contribution in [0.3, 0.4) is 0 Å². The van der Waals surface area contributed by atoms with Crippen molar-refractivity contribution in [3.63, 3.8) is 0 Å². The molecule has 3 rings (SSSR count). The van der Waals surface area contributed by atoms with Gasteiger partial charge in [0.05, 0.1) is 36.5 Å². The minimum atomic E-state index is 0.506. The molecular formula is C20H25N3O3S. The number of imidazole rings is 1. The summed E-state index contributed by atoms with van der Waals surface area (Å²) in [4.78, 5) is 12.5. The predicted octanol–water partition coefficient (Wildman–Crippen LogP) is 3.91. The molecule has 0 saturated heterocycles. The Morgan fingerprint density at radius 2 is 1.89 bits per heavy atom. The van der Waals surface area contributed by atoms with Crippen molar-refractivity contribution in [1.82, 2.24) is 15.0 Å². The molecular weight excluding hydrogens is 362 g/mol. The Balaban J connectivity index is 1.60. The maximum absolute atomic E-state index is 5.95. The highest BCUT2D eigenvalue weighted by molar-refractivity contribution is 7.98. The number of nitrogens with zero attached hydrogens (tertiary/aromatic N) is 2. The summed E-state index contributed by atoms with van der Waals surface area (Å²) >= 11 is 1.64. The fraction of sp³-hybridized carbons (Fsp3) is 0.400. The molecule has 6 nitrogen and oxygen atoms in total. The van der Waals surface area contributed by atoms with E-state index in [0.717, 1.165) is 44.5 Å². The summed E-state index contributed by atoms with van der Waals surface area (Å²) in [5, 5.41) is 0.895. The molecule has 1 aromatic carbocycles. The van der Waals surface area contributed by atoms with E-state index in [0.29, 0.717) is 26.4 Å². The molecule has 0 unspecified atom stereocenters. The molecule has 2 aromatic heterocycles. The smallest absolute Gasteiger partial charge is 0.166 e. The van der Waals surface area contributed by atoms with Crippen LogP contribution in [-0.2, 0) is 15.2 Å². The van der Waals surface area contributed by atoms with Crippen molar-refractivity contribution < 1.29 is 14.2 Å². The van der Waals surface area contributed by atoms with Crippen LogP contribution in [0, 0.1) is 13.8 Å². The van der Waals surface area contributed by atoms with Gasteiger partial charge in [0.1, 0.15) is 12.4 Å². The monoisotopic (exact) mass is 387 g/mol. The highest BCUT2D eigenvalue weighted by Gasteiger charge is 2.12. The summed E-state index contributed by atoms with van der Waals surface area (Å²) in [6.07, 6.45) is 1.86. The number of rotatable bonds is 10. The van der Waals surface area contributed by atoms with Gasteiger partial charge in [-0.25, -0.2) is 4.98 Å². The zero-order valence-electron chi connectivity index (χ0n) is 15.9. The van der Waals surface area contributed by atoms with E-state index < -0.39 is 0 Å². The summed E-state index contributed by atoms with van der Waals surface area (Å²) in [6.45, 7) is 6.27. The molecule has 0 aliphatic heterocycles. The largest absolute Gasteiger partial charge is 0.491 e. The number of benzene rings is 1. The lowest BCUT2D eigenvalue weighted by atomic mass is 10.1.